The number of hydrogen-bond acceptors (Lipinski definition) is 3. The van der Waals surface area contributed by atoms with E-state index in [1.165, 1.54) is 0 Å². The summed E-state index contributed by atoms with van der Waals surface area (Å²) in [5.74, 6) is -0.468. The van der Waals surface area contributed by atoms with Gasteiger partial charge in [0.25, 0.3) is 5.91 Å². The standard InChI is InChI=1S/C19H23N3O2/c1-22(2)14-17(15-9-5-3-6-10-15)21-18(23)13-20-19(24)16-11-7-4-8-12-16/h3-12,17H,13-14H2,1-2H3,(H,20,24)(H,21,23). The molecule has 0 saturated carbocycles. The number of nitrogens with one attached hydrogen (secondary N) is 2. The molecule has 126 valence electrons. The number of carbonyl (C=O) groups excluding carboxylic acids is 2. The van der Waals surface area contributed by atoms with Gasteiger partial charge in [-0.05, 0) is 31.8 Å². The molecule has 0 spiro atoms. The molecule has 5 heteroatoms. The largest absolute Gasteiger partial charge is 0.346 e. The number of rotatable bonds is 7. The van der Waals surface area contributed by atoms with Crippen LogP contribution in [0.3, 0.4) is 0 Å². The Morgan fingerprint density at radius 3 is 2.12 bits per heavy atom. The van der Waals surface area contributed by atoms with Crippen LogP contribution in [0.1, 0.15) is 22.0 Å². The van der Waals surface area contributed by atoms with Crippen molar-refractivity contribution < 1.29 is 9.59 Å². The van der Waals surface area contributed by atoms with Crippen molar-refractivity contribution in [2.75, 3.05) is 27.2 Å². The lowest BCUT2D eigenvalue weighted by Gasteiger charge is -2.23. The zero-order valence-corrected chi connectivity index (χ0v) is 14.0. The molecule has 2 rings (SSSR count). The minimum absolute atomic E-state index is 0.0511. The van der Waals surface area contributed by atoms with Crippen LogP contribution >= 0.6 is 0 Å². The Labute approximate surface area is 142 Å². The van der Waals surface area contributed by atoms with Gasteiger partial charge in [-0.15, -0.1) is 0 Å². The van der Waals surface area contributed by atoms with Crippen molar-refractivity contribution in [2.45, 2.75) is 6.04 Å². The number of benzene rings is 2. The second-order valence-electron chi connectivity index (χ2n) is 5.84. The summed E-state index contributed by atoms with van der Waals surface area (Å²) in [4.78, 5) is 26.2. The third-order valence-corrected chi connectivity index (χ3v) is 3.53. The van der Waals surface area contributed by atoms with Crippen molar-refractivity contribution in [1.29, 1.82) is 0 Å². The van der Waals surface area contributed by atoms with Crippen LogP contribution < -0.4 is 10.6 Å². The third kappa shape index (κ3) is 5.52. The fourth-order valence-corrected chi connectivity index (χ4v) is 2.38. The Balaban J connectivity index is 1.92. The van der Waals surface area contributed by atoms with Gasteiger partial charge >= 0.3 is 0 Å². The topological polar surface area (TPSA) is 61.4 Å². The lowest BCUT2D eigenvalue weighted by atomic mass is 10.1. The molecule has 2 aromatic carbocycles. The van der Waals surface area contributed by atoms with E-state index >= 15 is 0 Å². The average molecular weight is 325 g/mol. The third-order valence-electron chi connectivity index (χ3n) is 3.53. The molecule has 0 bridgehead atoms. The van der Waals surface area contributed by atoms with Crippen molar-refractivity contribution in [3.05, 3.63) is 71.8 Å². The molecule has 5 nitrogen and oxygen atoms in total. The van der Waals surface area contributed by atoms with E-state index in [1.54, 1.807) is 24.3 Å². The van der Waals surface area contributed by atoms with Crippen molar-refractivity contribution in [3.63, 3.8) is 0 Å². The fourth-order valence-electron chi connectivity index (χ4n) is 2.38. The highest BCUT2D eigenvalue weighted by atomic mass is 16.2. The average Bonchev–Trinajstić information content (AvgIpc) is 2.60. The van der Waals surface area contributed by atoms with Crippen LogP contribution in [0.15, 0.2) is 60.7 Å². The first kappa shape index (κ1) is 17.7. The van der Waals surface area contributed by atoms with Crippen molar-refractivity contribution in [3.8, 4) is 0 Å². The Bertz CT molecular complexity index is 657. The molecule has 2 N–H and O–H groups in total. The smallest absolute Gasteiger partial charge is 0.251 e. The minimum atomic E-state index is -0.255. The van der Waals surface area contributed by atoms with E-state index in [4.69, 9.17) is 0 Å². The monoisotopic (exact) mass is 325 g/mol. The predicted octanol–water partition coefficient (Wildman–Crippen LogP) is 1.84. The maximum absolute atomic E-state index is 12.2. The Morgan fingerprint density at radius 2 is 1.54 bits per heavy atom. The number of amides is 2. The van der Waals surface area contributed by atoms with Gasteiger partial charge in [0.05, 0.1) is 12.6 Å². The molecule has 0 saturated heterocycles. The second kappa shape index (κ2) is 8.84. The molecule has 0 aliphatic rings. The quantitative estimate of drug-likeness (QED) is 0.816. The van der Waals surface area contributed by atoms with E-state index in [2.05, 4.69) is 10.6 Å². The highest BCUT2D eigenvalue weighted by molar-refractivity contribution is 5.96. The molecule has 0 heterocycles. The van der Waals surface area contributed by atoms with Gasteiger partial charge in [-0.1, -0.05) is 48.5 Å². The van der Waals surface area contributed by atoms with Crippen molar-refractivity contribution >= 4 is 11.8 Å². The van der Waals surface area contributed by atoms with Gasteiger partial charge in [0, 0.05) is 12.1 Å². The van der Waals surface area contributed by atoms with E-state index in [0.717, 1.165) is 5.56 Å². The highest BCUT2D eigenvalue weighted by Crippen LogP contribution is 2.13. The summed E-state index contributed by atoms with van der Waals surface area (Å²) in [6.45, 7) is 0.632. The zero-order valence-electron chi connectivity index (χ0n) is 14.0. The van der Waals surface area contributed by atoms with Crippen LogP contribution in [0.2, 0.25) is 0 Å². The van der Waals surface area contributed by atoms with Gasteiger partial charge < -0.3 is 15.5 Å². The van der Waals surface area contributed by atoms with E-state index in [-0.39, 0.29) is 24.4 Å². The van der Waals surface area contributed by atoms with E-state index in [0.29, 0.717) is 12.1 Å². The Hall–Kier alpha value is -2.66. The maximum Gasteiger partial charge on any atom is 0.251 e. The number of carbonyl (C=O) groups is 2. The predicted molar refractivity (Wildman–Crippen MR) is 94.7 cm³/mol. The second-order valence-corrected chi connectivity index (χ2v) is 5.84. The normalized spacial score (nSPS) is 11.8. The SMILES string of the molecule is CN(C)CC(NC(=O)CNC(=O)c1ccccc1)c1ccccc1. The van der Waals surface area contributed by atoms with Gasteiger partial charge in [0.1, 0.15) is 0 Å². The summed E-state index contributed by atoms with van der Waals surface area (Å²) < 4.78 is 0. The molecular formula is C19H23N3O2. The first-order chi connectivity index (χ1) is 11.6. The Morgan fingerprint density at radius 1 is 0.958 bits per heavy atom. The first-order valence-electron chi connectivity index (χ1n) is 7.88. The molecule has 0 aliphatic carbocycles. The van der Waals surface area contributed by atoms with Gasteiger partial charge in [0.15, 0.2) is 0 Å². The van der Waals surface area contributed by atoms with E-state index in [1.807, 2.05) is 55.4 Å². The number of nitrogens with zero attached hydrogens (tertiary/aromatic N) is 1. The van der Waals surface area contributed by atoms with Gasteiger partial charge in [0.2, 0.25) is 5.91 Å². The molecular weight excluding hydrogens is 302 g/mol. The summed E-state index contributed by atoms with van der Waals surface area (Å²) >= 11 is 0. The Kier molecular flexibility index (Phi) is 6.51. The summed E-state index contributed by atoms with van der Waals surface area (Å²) in [6, 6.07) is 18.5. The van der Waals surface area contributed by atoms with Crippen molar-refractivity contribution in [1.82, 2.24) is 15.5 Å². The highest BCUT2D eigenvalue weighted by Gasteiger charge is 2.16. The lowest BCUT2D eigenvalue weighted by Crippen LogP contribution is -2.41. The van der Waals surface area contributed by atoms with Crippen LogP contribution in [0.5, 0.6) is 0 Å². The van der Waals surface area contributed by atoms with Gasteiger partial charge in [-0.3, -0.25) is 9.59 Å². The molecule has 2 amide bonds. The summed E-state index contributed by atoms with van der Waals surface area (Å²) in [7, 11) is 3.92. The van der Waals surface area contributed by atoms with Crippen LogP contribution in [-0.4, -0.2) is 43.9 Å². The summed E-state index contributed by atoms with van der Waals surface area (Å²) in [5.41, 5.74) is 1.58. The molecule has 1 unspecified atom stereocenters. The molecule has 0 fully saturated rings. The van der Waals surface area contributed by atoms with Crippen LogP contribution in [0.25, 0.3) is 0 Å². The molecule has 0 radical (unpaired) electrons. The van der Waals surface area contributed by atoms with Gasteiger partial charge in [-0.25, -0.2) is 0 Å². The molecule has 0 aliphatic heterocycles. The first-order valence-corrected chi connectivity index (χ1v) is 7.88. The lowest BCUT2D eigenvalue weighted by molar-refractivity contribution is -0.121. The zero-order chi connectivity index (χ0) is 17.4. The van der Waals surface area contributed by atoms with Gasteiger partial charge in [-0.2, -0.15) is 0 Å². The summed E-state index contributed by atoms with van der Waals surface area (Å²) in [6.07, 6.45) is 0. The number of hydrogen-bond donors (Lipinski definition) is 2. The van der Waals surface area contributed by atoms with Crippen molar-refractivity contribution in [2.24, 2.45) is 0 Å². The maximum atomic E-state index is 12.2. The fraction of sp³-hybridized carbons (Fsp3) is 0.263. The molecule has 2 aromatic rings. The molecule has 24 heavy (non-hydrogen) atoms. The van der Waals surface area contributed by atoms with Crippen LogP contribution in [0.4, 0.5) is 0 Å². The van der Waals surface area contributed by atoms with Crippen LogP contribution in [0, 0.1) is 0 Å². The molecule has 1 atom stereocenters. The number of likely N-dealkylation sites (N-methyl/N-ethyl adjacent to an activating group) is 1. The van der Waals surface area contributed by atoms with E-state index < -0.39 is 0 Å². The minimum Gasteiger partial charge on any atom is -0.346 e. The molecule has 0 aromatic heterocycles. The summed E-state index contributed by atoms with van der Waals surface area (Å²) in [5, 5.41) is 5.62. The van der Waals surface area contributed by atoms with Crippen LogP contribution in [-0.2, 0) is 4.79 Å². The van der Waals surface area contributed by atoms with E-state index in [9.17, 15) is 9.59 Å².